The number of methoxy groups -OCH3 is 2. The van der Waals surface area contributed by atoms with Crippen LogP contribution >= 0.6 is 0 Å². The first kappa shape index (κ1) is 25.5. The summed E-state index contributed by atoms with van der Waals surface area (Å²) >= 11 is 0. The molecule has 0 unspecified atom stereocenters. The van der Waals surface area contributed by atoms with E-state index in [0.717, 1.165) is 89.4 Å². The molecule has 0 bridgehead atoms. The van der Waals surface area contributed by atoms with Crippen molar-refractivity contribution in [3.63, 3.8) is 0 Å². The molecule has 0 fully saturated rings. The van der Waals surface area contributed by atoms with Gasteiger partial charge in [-0.3, -0.25) is 4.57 Å². The Bertz CT molecular complexity index is 1580. The van der Waals surface area contributed by atoms with Crippen LogP contribution in [0.15, 0.2) is 60.7 Å². The number of imidazole rings is 2. The number of benzene rings is 3. The molecular weight excluding hydrogens is 476 g/mol. The molecule has 7 heteroatoms. The minimum atomic E-state index is -0.364. The number of esters is 1. The smallest absolute Gasteiger partial charge is 0.337 e. The summed E-state index contributed by atoms with van der Waals surface area (Å²) in [5, 5.41) is 0. The fraction of sp³-hybridized carbons (Fsp3) is 0.323. The van der Waals surface area contributed by atoms with Crippen molar-refractivity contribution in [3.8, 4) is 22.8 Å². The quantitative estimate of drug-likeness (QED) is 0.190. The lowest BCUT2D eigenvalue weighted by molar-refractivity contribution is 0.0601. The molecule has 7 nitrogen and oxygen atoms in total. The number of para-hydroxylation sites is 1. The number of hydrogen-bond donors (Lipinski definition) is 0. The summed E-state index contributed by atoms with van der Waals surface area (Å²) < 4.78 is 14.9. The molecular formula is C31H34N4O3. The Balaban J connectivity index is 1.78. The van der Waals surface area contributed by atoms with E-state index in [1.807, 2.05) is 30.3 Å². The predicted octanol–water partition coefficient (Wildman–Crippen LogP) is 6.98. The molecule has 5 rings (SSSR count). The Morgan fingerprint density at radius 2 is 1.68 bits per heavy atom. The lowest BCUT2D eigenvalue weighted by Gasteiger charge is -2.14. The van der Waals surface area contributed by atoms with Gasteiger partial charge in [-0.15, -0.1) is 0 Å². The number of fused-ring (bicyclic) bond motifs is 2. The standard InChI is InChI=1S/C31H34N4O3/c1-5-7-12-28-32-25-11-9-10-24(29(25)35(28)22-14-16-23(37-3)17-15-22)30-33-26-20-21(31(36)38-4)13-18-27(26)34(30)19-8-6-2/h9-11,13-18,20H,5-8,12,19H2,1-4H3. The van der Waals surface area contributed by atoms with Crippen molar-refractivity contribution in [3.05, 3.63) is 72.1 Å². The second-order valence-corrected chi connectivity index (χ2v) is 9.47. The number of hydrogen-bond acceptors (Lipinski definition) is 5. The molecule has 0 aliphatic carbocycles. The maximum Gasteiger partial charge on any atom is 0.337 e. The number of unbranched alkanes of at least 4 members (excludes halogenated alkanes) is 2. The number of carbonyl (C=O) groups excluding carboxylic acids is 1. The number of nitrogens with zero attached hydrogens (tertiary/aromatic N) is 4. The maximum absolute atomic E-state index is 12.2. The van der Waals surface area contributed by atoms with Gasteiger partial charge in [-0.2, -0.15) is 0 Å². The SMILES string of the molecule is CCCCc1nc2cccc(-c3nc4cc(C(=O)OC)ccc4n3CCCC)c2n1-c1ccc(OC)cc1. The molecule has 0 amide bonds. The molecule has 0 aliphatic heterocycles. The van der Waals surface area contributed by atoms with Crippen LogP contribution in [0.1, 0.15) is 55.7 Å². The molecule has 2 aromatic heterocycles. The number of carbonyl (C=O) groups is 1. The second-order valence-electron chi connectivity index (χ2n) is 9.47. The average molecular weight is 511 g/mol. The van der Waals surface area contributed by atoms with Gasteiger partial charge in [0.2, 0.25) is 0 Å². The average Bonchev–Trinajstić information content (AvgIpc) is 3.52. The highest BCUT2D eigenvalue weighted by Crippen LogP contribution is 2.34. The first-order valence-corrected chi connectivity index (χ1v) is 13.3. The van der Waals surface area contributed by atoms with Crippen LogP contribution in [0.3, 0.4) is 0 Å². The summed E-state index contributed by atoms with van der Waals surface area (Å²) in [6.07, 6.45) is 5.11. The summed E-state index contributed by atoms with van der Waals surface area (Å²) in [5.74, 6) is 2.36. The van der Waals surface area contributed by atoms with Gasteiger partial charge in [0.05, 0.1) is 41.8 Å². The van der Waals surface area contributed by atoms with Crippen molar-refractivity contribution in [2.45, 2.75) is 52.5 Å². The summed E-state index contributed by atoms with van der Waals surface area (Å²) in [6.45, 7) is 5.22. The van der Waals surface area contributed by atoms with Crippen molar-refractivity contribution in [2.75, 3.05) is 14.2 Å². The van der Waals surface area contributed by atoms with Crippen molar-refractivity contribution >= 4 is 28.0 Å². The molecule has 0 saturated heterocycles. The van der Waals surface area contributed by atoms with Crippen LogP contribution in [-0.4, -0.2) is 39.3 Å². The maximum atomic E-state index is 12.2. The highest BCUT2D eigenvalue weighted by molar-refractivity contribution is 5.97. The van der Waals surface area contributed by atoms with Gasteiger partial charge < -0.3 is 14.0 Å². The molecule has 196 valence electrons. The van der Waals surface area contributed by atoms with E-state index in [4.69, 9.17) is 19.4 Å². The molecule has 0 saturated carbocycles. The van der Waals surface area contributed by atoms with Crippen LogP contribution in [0.2, 0.25) is 0 Å². The summed E-state index contributed by atoms with van der Waals surface area (Å²) in [6, 6.07) is 20.0. The Morgan fingerprint density at radius 1 is 0.895 bits per heavy atom. The number of aromatic nitrogens is 4. The Hall–Kier alpha value is -4.13. The Morgan fingerprint density at radius 3 is 2.39 bits per heavy atom. The molecule has 0 radical (unpaired) electrons. The monoisotopic (exact) mass is 510 g/mol. The molecule has 0 atom stereocenters. The van der Waals surface area contributed by atoms with Gasteiger partial charge in [0.25, 0.3) is 0 Å². The lowest BCUT2D eigenvalue weighted by Crippen LogP contribution is -2.05. The van der Waals surface area contributed by atoms with Crippen molar-refractivity contribution < 1.29 is 14.3 Å². The van der Waals surface area contributed by atoms with Gasteiger partial charge in [-0.1, -0.05) is 32.8 Å². The van der Waals surface area contributed by atoms with Crippen molar-refractivity contribution in [1.29, 1.82) is 0 Å². The summed E-state index contributed by atoms with van der Waals surface area (Å²) in [5.41, 5.74) is 6.29. The molecule has 3 aromatic carbocycles. The summed E-state index contributed by atoms with van der Waals surface area (Å²) in [7, 11) is 3.08. The first-order chi connectivity index (χ1) is 18.6. The van der Waals surface area contributed by atoms with Gasteiger partial charge in [-0.05, 0) is 67.4 Å². The molecule has 0 spiro atoms. The molecule has 38 heavy (non-hydrogen) atoms. The van der Waals surface area contributed by atoms with Crippen LogP contribution in [0.4, 0.5) is 0 Å². The van der Waals surface area contributed by atoms with E-state index in [0.29, 0.717) is 5.56 Å². The van der Waals surface area contributed by atoms with Crippen LogP contribution in [0.25, 0.3) is 39.1 Å². The fourth-order valence-electron chi connectivity index (χ4n) is 4.99. The third-order valence-electron chi connectivity index (χ3n) is 6.98. The zero-order valence-corrected chi connectivity index (χ0v) is 22.5. The number of ether oxygens (including phenoxy) is 2. The van der Waals surface area contributed by atoms with E-state index in [2.05, 4.69) is 53.3 Å². The van der Waals surface area contributed by atoms with E-state index in [1.54, 1.807) is 7.11 Å². The van der Waals surface area contributed by atoms with Gasteiger partial charge in [0, 0.05) is 24.2 Å². The first-order valence-electron chi connectivity index (χ1n) is 13.3. The normalized spacial score (nSPS) is 11.4. The molecule has 0 N–H and O–H groups in total. The van der Waals surface area contributed by atoms with Gasteiger partial charge in [0.15, 0.2) is 0 Å². The predicted molar refractivity (Wildman–Crippen MR) is 151 cm³/mol. The van der Waals surface area contributed by atoms with E-state index < -0.39 is 0 Å². The van der Waals surface area contributed by atoms with E-state index in [1.165, 1.54) is 7.11 Å². The zero-order chi connectivity index (χ0) is 26.6. The largest absolute Gasteiger partial charge is 0.497 e. The highest BCUT2D eigenvalue weighted by atomic mass is 16.5. The zero-order valence-electron chi connectivity index (χ0n) is 22.5. The molecule has 5 aromatic rings. The van der Waals surface area contributed by atoms with Crippen molar-refractivity contribution in [1.82, 2.24) is 19.1 Å². The van der Waals surface area contributed by atoms with Gasteiger partial charge >= 0.3 is 5.97 Å². The fourth-order valence-corrected chi connectivity index (χ4v) is 4.99. The third-order valence-corrected chi connectivity index (χ3v) is 6.98. The van der Waals surface area contributed by atoms with Crippen molar-refractivity contribution in [2.24, 2.45) is 0 Å². The Kier molecular flexibility index (Phi) is 7.45. The van der Waals surface area contributed by atoms with E-state index in [9.17, 15) is 4.79 Å². The molecule has 0 aliphatic rings. The van der Waals surface area contributed by atoms with E-state index >= 15 is 0 Å². The van der Waals surface area contributed by atoms with Crippen LogP contribution in [-0.2, 0) is 17.7 Å². The summed E-state index contributed by atoms with van der Waals surface area (Å²) in [4.78, 5) is 22.4. The van der Waals surface area contributed by atoms with Crippen LogP contribution < -0.4 is 4.74 Å². The number of rotatable bonds is 10. The Labute approximate surface area is 223 Å². The third kappa shape index (κ3) is 4.64. The topological polar surface area (TPSA) is 71.2 Å². The lowest BCUT2D eigenvalue weighted by atomic mass is 10.1. The second kappa shape index (κ2) is 11.1. The van der Waals surface area contributed by atoms with Gasteiger partial charge in [-0.25, -0.2) is 14.8 Å². The highest BCUT2D eigenvalue weighted by Gasteiger charge is 2.21. The molecule has 2 heterocycles. The van der Waals surface area contributed by atoms with Crippen LogP contribution in [0.5, 0.6) is 5.75 Å². The number of aryl methyl sites for hydroxylation is 2. The van der Waals surface area contributed by atoms with Crippen LogP contribution in [0, 0.1) is 0 Å². The van der Waals surface area contributed by atoms with E-state index in [-0.39, 0.29) is 5.97 Å². The minimum absolute atomic E-state index is 0.364. The minimum Gasteiger partial charge on any atom is -0.497 e. The van der Waals surface area contributed by atoms with Gasteiger partial charge in [0.1, 0.15) is 17.4 Å².